The highest BCUT2D eigenvalue weighted by atomic mass is 32.2. The summed E-state index contributed by atoms with van der Waals surface area (Å²) in [5.74, 6) is 0.263. The van der Waals surface area contributed by atoms with Gasteiger partial charge in [0.2, 0.25) is 0 Å². The second-order valence-corrected chi connectivity index (χ2v) is 8.93. The normalized spacial score (nSPS) is 11.8. The van der Waals surface area contributed by atoms with Gasteiger partial charge in [-0.1, -0.05) is 39.0 Å². The summed E-state index contributed by atoms with van der Waals surface area (Å²) in [4.78, 5) is 12.2. The van der Waals surface area contributed by atoms with Crippen LogP contribution in [0.5, 0.6) is 5.75 Å². The first-order chi connectivity index (χ1) is 11.6. The van der Waals surface area contributed by atoms with Gasteiger partial charge >= 0.3 is 0 Å². The van der Waals surface area contributed by atoms with Crippen molar-refractivity contribution in [3.05, 3.63) is 54.1 Å². The predicted octanol–water partition coefficient (Wildman–Crippen LogP) is 3.41. The maximum Gasteiger partial charge on any atom is 0.262 e. The number of sulfone groups is 1. The molecule has 0 unspecified atom stereocenters. The maximum absolute atomic E-state index is 12.0. The number of amides is 1. The van der Waals surface area contributed by atoms with Crippen molar-refractivity contribution in [3.63, 3.8) is 0 Å². The fourth-order valence-corrected chi connectivity index (χ4v) is 2.87. The number of carbonyl (C=O) groups excluding carboxylic acids is 1. The van der Waals surface area contributed by atoms with E-state index in [2.05, 4.69) is 26.1 Å². The average Bonchev–Trinajstić information content (AvgIpc) is 2.52. The van der Waals surface area contributed by atoms with E-state index in [4.69, 9.17) is 4.74 Å². The van der Waals surface area contributed by atoms with Gasteiger partial charge in [0.1, 0.15) is 5.75 Å². The van der Waals surface area contributed by atoms with Crippen LogP contribution in [0, 0.1) is 0 Å². The Morgan fingerprint density at radius 3 is 2.40 bits per heavy atom. The van der Waals surface area contributed by atoms with Crippen molar-refractivity contribution in [2.24, 2.45) is 0 Å². The number of benzene rings is 2. The molecule has 134 valence electrons. The van der Waals surface area contributed by atoms with Crippen molar-refractivity contribution >= 4 is 21.4 Å². The lowest BCUT2D eigenvalue weighted by Gasteiger charge is -2.19. The molecule has 0 aliphatic heterocycles. The van der Waals surface area contributed by atoms with Gasteiger partial charge in [-0.3, -0.25) is 4.79 Å². The molecule has 2 rings (SSSR count). The molecule has 0 spiro atoms. The number of hydrogen-bond donors (Lipinski definition) is 1. The Bertz CT molecular complexity index is 867. The van der Waals surface area contributed by atoms with Gasteiger partial charge in [0.15, 0.2) is 16.4 Å². The van der Waals surface area contributed by atoms with Gasteiger partial charge < -0.3 is 10.1 Å². The quantitative estimate of drug-likeness (QED) is 0.886. The minimum Gasteiger partial charge on any atom is -0.484 e. The fourth-order valence-electron chi connectivity index (χ4n) is 2.20. The summed E-state index contributed by atoms with van der Waals surface area (Å²) < 4.78 is 28.7. The van der Waals surface area contributed by atoms with E-state index >= 15 is 0 Å². The van der Waals surface area contributed by atoms with Gasteiger partial charge in [-0.25, -0.2) is 8.42 Å². The molecule has 0 aliphatic rings. The van der Waals surface area contributed by atoms with Crippen molar-refractivity contribution in [1.29, 1.82) is 0 Å². The van der Waals surface area contributed by atoms with Crippen LogP contribution in [0.4, 0.5) is 5.69 Å². The standard InChI is InChI=1S/C19H23NO4S/c1-19(2,3)14-7-5-9-16(11-14)24-13-18(21)20-15-8-6-10-17(12-15)25(4,22)23/h5-12H,13H2,1-4H3,(H,20,21). The number of hydrogen-bond acceptors (Lipinski definition) is 4. The topological polar surface area (TPSA) is 72.5 Å². The molecule has 0 fully saturated rings. The highest BCUT2D eigenvalue weighted by Crippen LogP contribution is 2.25. The summed E-state index contributed by atoms with van der Waals surface area (Å²) in [7, 11) is -3.32. The summed E-state index contributed by atoms with van der Waals surface area (Å²) in [5.41, 5.74) is 1.53. The number of ether oxygens (including phenoxy) is 1. The third-order valence-corrected chi connectivity index (χ3v) is 4.73. The Morgan fingerprint density at radius 1 is 1.08 bits per heavy atom. The molecule has 2 aromatic carbocycles. The molecule has 0 saturated carbocycles. The van der Waals surface area contributed by atoms with Gasteiger partial charge in [-0.05, 0) is 41.3 Å². The summed E-state index contributed by atoms with van der Waals surface area (Å²) in [6.45, 7) is 6.16. The molecule has 25 heavy (non-hydrogen) atoms. The smallest absolute Gasteiger partial charge is 0.262 e. The van der Waals surface area contributed by atoms with Crippen LogP contribution in [0.1, 0.15) is 26.3 Å². The zero-order valence-electron chi connectivity index (χ0n) is 14.9. The van der Waals surface area contributed by atoms with E-state index in [-0.39, 0.29) is 22.8 Å². The molecule has 1 amide bonds. The highest BCUT2D eigenvalue weighted by molar-refractivity contribution is 7.90. The maximum atomic E-state index is 12.0. The summed E-state index contributed by atoms with van der Waals surface area (Å²) in [5, 5.41) is 2.64. The molecule has 0 bridgehead atoms. The number of carbonyl (C=O) groups is 1. The van der Waals surface area contributed by atoms with E-state index < -0.39 is 9.84 Å². The molecule has 0 radical (unpaired) electrons. The average molecular weight is 361 g/mol. The first-order valence-electron chi connectivity index (χ1n) is 7.89. The van der Waals surface area contributed by atoms with E-state index in [0.717, 1.165) is 11.8 Å². The highest BCUT2D eigenvalue weighted by Gasteiger charge is 2.14. The van der Waals surface area contributed by atoms with E-state index in [1.165, 1.54) is 12.1 Å². The Balaban J connectivity index is 2.00. The van der Waals surface area contributed by atoms with Crippen LogP contribution in [0.3, 0.4) is 0 Å². The fraction of sp³-hybridized carbons (Fsp3) is 0.316. The van der Waals surface area contributed by atoms with Crippen LogP contribution in [-0.4, -0.2) is 27.2 Å². The lowest BCUT2D eigenvalue weighted by Crippen LogP contribution is -2.20. The van der Waals surface area contributed by atoms with Crippen molar-refractivity contribution in [1.82, 2.24) is 0 Å². The molecular weight excluding hydrogens is 338 g/mol. The van der Waals surface area contributed by atoms with Crippen LogP contribution < -0.4 is 10.1 Å². The lowest BCUT2D eigenvalue weighted by atomic mass is 9.87. The summed E-state index contributed by atoms with van der Waals surface area (Å²) in [6, 6.07) is 13.7. The van der Waals surface area contributed by atoms with Crippen molar-refractivity contribution in [2.45, 2.75) is 31.1 Å². The van der Waals surface area contributed by atoms with Crippen molar-refractivity contribution in [2.75, 3.05) is 18.2 Å². The van der Waals surface area contributed by atoms with Crippen LogP contribution in [0.15, 0.2) is 53.4 Å². The molecule has 6 heteroatoms. The van der Waals surface area contributed by atoms with Gasteiger partial charge in [0.05, 0.1) is 4.90 Å². The van der Waals surface area contributed by atoms with E-state index in [1.807, 2.05) is 18.2 Å². The molecule has 2 aromatic rings. The summed E-state index contributed by atoms with van der Waals surface area (Å²) >= 11 is 0. The minimum atomic E-state index is -3.32. The Kier molecular flexibility index (Phi) is 5.52. The van der Waals surface area contributed by atoms with E-state index in [0.29, 0.717) is 11.4 Å². The third-order valence-electron chi connectivity index (χ3n) is 3.62. The number of rotatable bonds is 5. The van der Waals surface area contributed by atoms with Gasteiger partial charge in [-0.2, -0.15) is 0 Å². The Hall–Kier alpha value is -2.34. The van der Waals surface area contributed by atoms with Crippen LogP contribution >= 0.6 is 0 Å². The lowest BCUT2D eigenvalue weighted by molar-refractivity contribution is -0.118. The monoisotopic (exact) mass is 361 g/mol. The second kappa shape index (κ2) is 7.27. The molecule has 1 N–H and O–H groups in total. The van der Waals surface area contributed by atoms with Gasteiger partial charge in [0.25, 0.3) is 5.91 Å². The van der Waals surface area contributed by atoms with Gasteiger partial charge in [0, 0.05) is 11.9 Å². The van der Waals surface area contributed by atoms with E-state index in [9.17, 15) is 13.2 Å². The Morgan fingerprint density at radius 2 is 1.76 bits per heavy atom. The van der Waals surface area contributed by atoms with Crippen LogP contribution in [0.2, 0.25) is 0 Å². The zero-order chi connectivity index (χ0) is 18.7. The molecule has 0 aromatic heterocycles. The zero-order valence-corrected chi connectivity index (χ0v) is 15.7. The molecule has 0 aliphatic carbocycles. The van der Waals surface area contributed by atoms with Crippen LogP contribution in [0.25, 0.3) is 0 Å². The SMILES string of the molecule is CC(C)(C)c1cccc(OCC(=O)Nc2cccc(S(C)(=O)=O)c2)c1. The molecule has 0 heterocycles. The largest absolute Gasteiger partial charge is 0.484 e. The van der Waals surface area contributed by atoms with Crippen molar-refractivity contribution in [3.8, 4) is 5.75 Å². The molecule has 0 atom stereocenters. The molecule has 0 saturated heterocycles. The third kappa shape index (κ3) is 5.60. The molecule has 5 nitrogen and oxygen atoms in total. The first-order valence-corrected chi connectivity index (χ1v) is 9.78. The minimum absolute atomic E-state index is 0.00624. The van der Waals surface area contributed by atoms with Crippen LogP contribution in [-0.2, 0) is 20.0 Å². The second-order valence-electron chi connectivity index (χ2n) is 6.91. The number of nitrogens with one attached hydrogen (secondary N) is 1. The summed E-state index contributed by atoms with van der Waals surface area (Å²) in [6.07, 6.45) is 1.12. The first kappa shape index (κ1) is 19.0. The predicted molar refractivity (Wildman–Crippen MR) is 98.8 cm³/mol. The van der Waals surface area contributed by atoms with Crippen molar-refractivity contribution < 1.29 is 17.9 Å². The van der Waals surface area contributed by atoms with E-state index in [1.54, 1.807) is 18.2 Å². The number of anilines is 1. The Labute approximate surface area is 148 Å². The molecular formula is C19H23NO4S. The van der Waals surface area contributed by atoms with Gasteiger partial charge in [-0.15, -0.1) is 0 Å².